The van der Waals surface area contributed by atoms with Gasteiger partial charge in [0.1, 0.15) is 5.69 Å². The smallest absolute Gasteiger partial charge is 0.293 e. The van der Waals surface area contributed by atoms with E-state index in [-0.39, 0.29) is 22.6 Å². The van der Waals surface area contributed by atoms with Crippen LogP contribution in [0, 0.1) is 10.1 Å². The van der Waals surface area contributed by atoms with Crippen LogP contribution in [0.25, 0.3) is 0 Å². The second kappa shape index (κ2) is 7.94. The van der Waals surface area contributed by atoms with Crippen LogP contribution in [0.1, 0.15) is 56.3 Å². The first-order chi connectivity index (χ1) is 11.0. The van der Waals surface area contributed by atoms with E-state index in [9.17, 15) is 14.9 Å². The quantitative estimate of drug-likeness (QED) is 0.665. The number of nitro groups is 1. The van der Waals surface area contributed by atoms with Crippen molar-refractivity contribution in [3.8, 4) is 0 Å². The molecule has 23 heavy (non-hydrogen) atoms. The van der Waals surface area contributed by atoms with Crippen LogP contribution in [0.2, 0.25) is 0 Å². The molecule has 126 valence electrons. The first kappa shape index (κ1) is 17.2. The number of nitrogens with one attached hydrogen (secondary N) is 1. The largest absolute Gasteiger partial charge is 0.366 e. The van der Waals surface area contributed by atoms with Gasteiger partial charge in [-0.2, -0.15) is 0 Å². The molecular weight excluding hydrogens is 294 g/mol. The number of carbonyl (C=O) groups excluding carboxylic acids is 1. The molecule has 0 aliphatic carbocycles. The van der Waals surface area contributed by atoms with Crippen molar-refractivity contribution in [3.63, 3.8) is 0 Å². The van der Waals surface area contributed by atoms with Gasteiger partial charge in [-0.15, -0.1) is 0 Å². The van der Waals surface area contributed by atoms with Crippen molar-refractivity contribution in [2.24, 2.45) is 0 Å². The zero-order valence-corrected chi connectivity index (χ0v) is 13.9. The maximum atomic E-state index is 12.2. The Morgan fingerprint density at radius 3 is 2.52 bits per heavy atom. The molecule has 1 N–H and O–H groups in total. The van der Waals surface area contributed by atoms with Gasteiger partial charge >= 0.3 is 0 Å². The number of hydrogen-bond donors (Lipinski definition) is 1. The maximum Gasteiger partial charge on any atom is 0.293 e. The van der Waals surface area contributed by atoms with Crippen LogP contribution >= 0.6 is 0 Å². The van der Waals surface area contributed by atoms with E-state index in [1.54, 1.807) is 12.1 Å². The summed E-state index contributed by atoms with van der Waals surface area (Å²) in [7, 11) is 0. The second-order valence-electron chi connectivity index (χ2n) is 6.14. The van der Waals surface area contributed by atoms with Crippen molar-refractivity contribution in [1.82, 2.24) is 5.32 Å². The first-order valence-electron chi connectivity index (χ1n) is 8.37. The molecule has 1 atom stereocenters. The first-order valence-corrected chi connectivity index (χ1v) is 8.37. The minimum Gasteiger partial charge on any atom is -0.366 e. The van der Waals surface area contributed by atoms with E-state index in [0.29, 0.717) is 11.3 Å². The van der Waals surface area contributed by atoms with Gasteiger partial charge in [-0.1, -0.05) is 19.8 Å². The molecule has 0 aromatic heterocycles. The second-order valence-corrected chi connectivity index (χ2v) is 6.14. The summed E-state index contributed by atoms with van der Waals surface area (Å²) < 4.78 is 0. The molecule has 1 aromatic carbocycles. The van der Waals surface area contributed by atoms with Crippen molar-refractivity contribution in [2.75, 3.05) is 18.0 Å². The summed E-state index contributed by atoms with van der Waals surface area (Å²) in [5.74, 6) is -0.259. The molecule has 1 saturated heterocycles. The average molecular weight is 319 g/mol. The molecular formula is C17H25N3O3. The van der Waals surface area contributed by atoms with Gasteiger partial charge in [-0.3, -0.25) is 14.9 Å². The Balaban J connectivity index is 2.27. The molecule has 1 heterocycles. The van der Waals surface area contributed by atoms with E-state index in [4.69, 9.17) is 0 Å². The molecule has 1 aromatic rings. The average Bonchev–Trinajstić information content (AvgIpc) is 2.83. The predicted octanol–water partition coefficient (Wildman–Crippen LogP) is 3.50. The molecule has 1 aliphatic rings. The van der Waals surface area contributed by atoms with Crippen LogP contribution < -0.4 is 10.2 Å². The highest BCUT2D eigenvalue weighted by Crippen LogP contribution is 2.31. The summed E-state index contributed by atoms with van der Waals surface area (Å²) in [5, 5.41) is 14.3. The van der Waals surface area contributed by atoms with E-state index >= 15 is 0 Å². The molecule has 1 aliphatic heterocycles. The Kier molecular flexibility index (Phi) is 5.96. The van der Waals surface area contributed by atoms with Crippen LogP contribution in [0.15, 0.2) is 18.2 Å². The Morgan fingerprint density at radius 1 is 1.30 bits per heavy atom. The SMILES string of the molecule is CCC(C)NC(=O)c1ccc(N2CCCCCC2)c([N+](=O)[O-])c1. The number of hydrogen-bond acceptors (Lipinski definition) is 4. The normalized spacial score (nSPS) is 16.5. The van der Waals surface area contributed by atoms with Gasteiger partial charge in [0.25, 0.3) is 11.6 Å². The minimum atomic E-state index is -0.389. The van der Waals surface area contributed by atoms with Gasteiger partial charge in [-0.25, -0.2) is 0 Å². The third-order valence-corrected chi connectivity index (χ3v) is 4.37. The lowest BCUT2D eigenvalue weighted by Gasteiger charge is -2.22. The Labute approximate surface area is 137 Å². The fraction of sp³-hybridized carbons (Fsp3) is 0.588. The summed E-state index contributed by atoms with van der Waals surface area (Å²) in [4.78, 5) is 25.3. The van der Waals surface area contributed by atoms with Gasteiger partial charge in [0.05, 0.1) is 4.92 Å². The number of amides is 1. The summed E-state index contributed by atoms with van der Waals surface area (Å²) in [6.07, 6.45) is 5.25. The Hall–Kier alpha value is -2.11. The monoisotopic (exact) mass is 319 g/mol. The fourth-order valence-electron chi connectivity index (χ4n) is 2.80. The number of carbonyl (C=O) groups is 1. The minimum absolute atomic E-state index is 0.0173. The van der Waals surface area contributed by atoms with Gasteiger partial charge in [0, 0.05) is 30.8 Å². The van der Waals surface area contributed by atoms with Crippen molar-refractivity contribution < 1.29 is 9.72 Å². The van der Waals surface area contributed by atoms with Crippen LogP contribution in [-0.4, -0.2) is 30.0 Å². The van der Waals surface area contributed by atoms with Gasteiger partial charge in [0.2, 0.25) is 0 Å². The topological polar surface area (TPSA) is 75.5 Å². The van der Waals surface area contributed by atoms with E-state index in [1.165, 1.54) is 18.9 Å². The van der Waals surface area contributed by atoms with Crippen molar-refractivity contribution in [2.45, 2.75) is 52.0 Å². The zero-order chi connectivity index (χ0) is 16.8. The van der Waals surface area contributed by atoms with Crippen molar-refractivity contribution in [1.29, 1.82) is 0 Å². The molecule has 1 amide bonds. The number of rotatable bonds is 5. The van der Waals surface area contributed by atoms with Crippen molar-refractivity contribution in [3.05, 3.63) is 33.9 Å². The summed E-state index contributed by atoms with van der Waals surface area (Å²) in [6.45, 7) is 5.56. The molecule has 1 unspecified atom stereocenters. The molecule has 0 saturated carbocycles. The molecule has 6 heteroatoms. The molecule has 1 fully saturated rings. The molecule has 0 spiro atoms. The summed E-state index contributed by atoms with van der Waals surface area (Å²) >= 11 is 0. The highest BCUT2D eigenvalue weighted by Gasteiger charge is 2.22. The molecule has 6 nitrogen and oxygen atoms in total. The highest BCUT2D eigenvalue weighted by atomic mass is 16.6. The van der Waals surface area contributed by atoms with E-state index in [1.807, 2.05) is 13.8 Å². The lowest BCUT2D eigenvalue weighted by Crippen LogP contribution is -2.32. The maximum absolute atomic E-state index is 12.2. The highest BCUT2D eigenvalue weighted by molar-refractivity contribution is 5.96. The van der Waals surface area contributed by atoms with Crippen molar-refractivity contribution >= 4 is 17.3 Å². The predicted molar refractivity (Wildman–Crippen MR) is 91.0 cm³/mol. The number of benzene rings is 1. The number of nitro benzene ring substituents is 1. The van der Waals surface area contributed by atoms with E-state index in [2.05, 4.69) is 10.2 Å². The van der Waals surface area contributed by atoms with Crippen LogP contribution in [0.4, 0.5) is 11.4 Å². The third-order valence-electron chi connectivity index (χ3n) is 4.37. The Morgan fingerprint density at radius 2 is 1.96 bits per heavy atom. The van der Waals surface area contributed by atoms with Crippen LogP contribution in [-0.2, 0) is 0 Å². The summed E-state index contributed by atoms with van der Waals surface area (Å²) in [5.41, 5.74) is 0.983. The third kappa shape index (κ3) is 4.43. The van der Waals surface area contributed by atoms with E-state index in [0.717, 1.165) is 32.4 Å². The van der Waals surface area contributed by atoms with Gasteiger partial charge in [0.15, 0.2) is 0 Å². The molecule has 2 rings (SSSR count). The molecule has 0 bridgehead atoms. The van der Waals surface area contributed by atoms with Gasteiger partial charge < -0.3 is 10.2 Å². The number of nitrogens with zero attached hydrogens (tertiary/aromatic N) is 2. The Bertz CT molecular complexity index is 566. The zero-order valence-electron chi connectivity index (χ0n) is 13.9. The van der Waals surface area contributed by atoms with E-state index < -0.39 is 0 Å². The summed E-state index contributed by atoms with van der Waals surface area (Å²) in [6, 6.07) is 4.85. The van der Waals surface area contributed by atoms with Gasteiger partial charge in [-0.05, 0) is 38.3 Å². The lowest BCUT2D eigenvalue weighted by atomic mass is 10.1. The molecule has 0 radical (unpaired) electrons. The fourth-order valence-corrected chi connectivity index (χ4v) is 2.80. The standard InChI is InChI=1S/C17H25N3O3/c1-3-13(2)18-17(21)14-8-9-15(16(12-14)20(22)23)19-10-6-4-5-7-11-19/h8-9,12-13H,3-7,10-11H2,1-2H3,(H,18,21). The number of anilines is 1. The van der Waals surface area contributed by atoms with Crippen LogP contribution in [0.3, 0.4) is 0 Å². The van der Waals surface area contributed by atoms with Crippen LogP contribution in [0.5, 0.6) is 0 Å². The lowest BCUT2D eigenvalue weighted by molar-refractivity contribution is -0.384.